The first-order chi connectivity index (χ1) is 7.84. The number of rotatable bonds is 2. The van der Waals surface area contributed by atoms with Crippen LogP contribution in [0.15, 0.2) is 24.4 Å². The van der Waals surface area contributed by atoms with Crippen molar-refractivity contribution >= 4 is 8.45 Å². The molecule has 3 heterocycles. The maximum atomic E-state index is 6.01. The topological polar surface area (TPSA) is 28.6 Å². The second-order valence-electron chi connectivity index (χ2n) is 4.31. The molecule has 2 fully saturated rings. The van der Waals surface area contributed by atoms with E-state index in [4.69, 9.17) is 4.52 Å². The van der Waals surface area contributed by atoms with Gasteiger partial charge in [0.05, 0.1) is 0 Å². The van der Waals surface area contributed by atoms with Crippen molar-refractivity contribution in [3.05, 3.63) is 24.4 Å². The molecule has 86 valence electrons. The van der Waals surface area contributed by atoms with Gasteiger partial charge in [0.25, 0.3) is 0 Å². The molecule has 4 nitrogen and oxygen atoms in total. The molecule has 2 saturated heterocycles. The summed E-state index contributed by atoms with van der Waals surface area (Å²) in [5, 5.41) is 0. The van der Waals surface area contributed by atoms with E-state index in [1.165, 1.54) is 19.4 Å². The van der Waals surface area contributed by atoms with Gasteiger partial charge in [0.2, 0.25) is 14.3 Å². The largest absolute Gasteiger partial charge is 0.426 e. The van der Waals surface area contributed by atoms with Crippen molar-refractivity contribution in [1.82, 2.24) is 14.3 Å². The van der Waals surface area contributed by atoms with Gasteiger partial charge in [-0.2, -0.15) is 0 Å². The SMILES string of the molecule is CN1C[C@@H]2CCCN2P1Oc1ccccn1. The van der Waals surface area contributed by atoms with Gasteiger partial charge in [0.1, 0.15) is 0 Å². The van der Waals surface area contributed by atoms with Crippen LogP contribution in [-0.4, -0.2) is 40.5 Å². The third-order valence-electron chi connectivity index (χ3n) is 3.15. The molecular formula is C11H16N3OP. The van der Waals surface area contributed by atoms with Gasteiger partial charge in [-0.15, -0.1) is 0 Å². The van der Waals surface area contributed by atoms with Gasteiger partial charge < -0.3 is 4.52 Å². The van der Waals surface area contributed by atoms with E-state index in [1.54, 1.807) is 6.20 Å². The Balaban J connectivity index is 1.74. The lowest BCUT2D eigenvalue weighted by atomic mass is 10.2. The fourth-order valence-corrected chi connectivity index (χ4v) is 4.43. The van der Waals surface area contributed by atoms with Gasteiger partial charge in [0, 0.05) is 31.4 Å². The van der Waals surface area contributed by atoms with Crippen LogP contribution >= 0.6 is 8.45 Å². The summed E-state index contributed by atoms with van der Waals surface area (Å²) in [6.07, 6.45) is 4.40. The minimum Gasteiger partial charge on any atom is -0.426 e. The lowest BCUT2D eigenvalue weighted by Crippen LogP contribution is -2.20. The number of pyridine rings is 1. The zero-order valence-electron chi connectivity index (χ0n) is 9.41. The maximum Gasteiger partial charge on any atom is 0.249 e. The van der Waals surface area contributed by atoms with Crippen molar-refractivity contribution in [2.24, 2.45) is 0 Å². The van der Waals surface area contributed by atoms with Crippen molar-refractivity contribution in [3.8, 4) is 5.88 Å². The van der Waals surface area contributed by atoms with E-state index >= 15 is 0 Å². The van der Waals surface area contributed by atoms with E-state index < -0.39 is 8.45 Å². The van der Waals surface area contributed by atoms with Crippen LogP contribution in [0.3, 0.4) is 0 Å². The Morgan fingerprint density at radius 2 is 2.44 bits per heavy atom. The molecule has 2 aliphatic heterocycles. The molecule has 0 aliphatic carbocycles. The molecule has 0 aromatic carbocycles. The number of hydrogen-bond donors (Lipinski definition) is 0. The maximum absolute atomic E-state index is 6.01. The molecule has 0 bridgehead atoms. The number of hydrogen-bond acceptors (Lipinski definition) is 4. The summed E-state index contributed by atoms with van der Waals surface area (Å²) >= 11 is 0. The van der Waals surface area contributed by atoms with E-state index in [9.17, 15) is 0 Å². The number of likely N-dealkylation sites (N-methyl/N-ethyl adjacent to an activating group) is 1. The van der Waals surface area contributed by atoms with Gasteiger partial charge in [-0.05, 0) is 26.0 Å². The minimum atomic E-state index is -0.619. The van der Waals surface area contributed by atoms with Crippen molar-refractivity contribution in [2.75, 3.05) is 20.1 Å². The summed E-state index contributed by atoms with van der Waals surface area (Å²) in [7, 11) is 1.53. The summed E-state index contributed by atoms with van der Waals surface area (Å²) in [6.45, 7) is 2.31. The van der Waals surface area contributed by atoms with Crippen LogP contribution in [0, 0.1) is 0 Å². The highest BCUT2D eigenvalue weighted by molar-refractivity contribution is 7.48. The van der Waals surface area contributed by atoms with Crippen LogP contribution in [0.1, 0.15) is 12.8 Å². The Kier molecular flexibility index (Phi) is 2.80. The number of nitrogens with zero attached hydrogens (tertiary/aromatic N) is 3. The zero-order valence-corrected chi connectivity index (χ0v) is 10.3. The van der Waals surface area contributed by atoms with Crippen molar-refractivity contribution in [2.45, 2.75) is 18.9 Å². The lowest BCUT2D eigenvalue weighted by Gasteiger charge is -2.24. The molecule has 2 aliphatic rings. The Bertz CT molecular complexity index is 362. The van der Waals surface area contributed by atoms with Crippen molar-refractivity contribution in [3.63, 3.8) is 0 Å². The first-order valence-corrected chi connectivity index (χ1v) is 6.88. The zero-order chi connectivity index (χ0) is 11.0. The van der Waals surface area contributed by atoms with Gasteiger partial charge in [0.15, 0.2) is 0 Å². The normalized spacial score (nSPS) is 30.6. The smallest absolute Gasteiger partial charge is 0.249 e. The Morgan fingerprint density at radius 1 is 1.50 bits per heavy atom. The quantitative estimate of drug-likeness (QED) is 0.736. The summed E-state index contributed by atoms with van der Waals surface area (Å²) in [6, 6.07) is 6.52. The van der Waals surface area contributed by atoms with Crippen molar-refractivity contribution in [1.29, 1.82) is 0 Å². The average Bonchev–Trinajstić information content (AvgIpc) is 2.84. The highest BCUT2D eigenvalue weighted by atomic mass is 31.2. The van der Waals surface area contributed by atoms with Crippen LogP contribution in [0.2, 0.25) is 0 Å². The van der Waals surface area contributed by atoms with E-state index in [1.807, 2.05) is 18.2 Å². The molecule has 0 radical (unpaired) electrons. The molecule has 3 rings (SSSR count). The van der Waals surface area contributed by atoms with Gasteiger partial charge in [-0.3, -0.25) is 0 Å². The molecule has 2 atom stereocenters. The average molecular weight is 237 g/mol. The molecule has 0 spiro atoms. The molecule has 0 saturated carbocycles. The Hall–Kier alpha value is -0.700. The summed E-state index contributed by atoms with van der Waals surface area (Å²) in [5.74, 6) is 0.744. The van der Waals surface area contributed by atoms with Crippen LogP contribution < -0.4 is 4.52 Å². The van der Waals surface area contributed by atoms with E-state index in [0.717, 1.165) is 12.4 Å². The standard InChI is InChI=1S/C11H16N3OP/c1-13-9-10-5-4-8-14(10)16(13)15-11-6-2-3-7-12-11/h2-3,6-7,10H,4-5,8-9H2,1H3/t10-,16?/m0/s1. The summed E-state index contributed by atoms with van der Waals surface area (Å²) in [5.41, 5.74) is 0. The molecule has 5 heteroatoms. The second-order valence-corrected chi connectivity index (χ2v) is 6.20. The van der Waals surface area contributed by atoms with Crippen molar-refractivity contribution < 1.29 is 4.52 Å². The van der Waals surface area contributed by atoms with E-state index in [2.05, 4.69) is 21.4 Å². The Morgan fingerprint density at radius 3 is 3.25 bits per heavy atom. The van der Waals surface area contributed by atoms with Gasteiger partial charge >= 0.3 is 0 Å². The Labute approximate surface area is 97.2 Å². The minimum absolute atomic E-state index is 0.619. The predicted octanol–water partition coefficient (Wildman–Crippen LogP) is 2.10. The van der Waals surface area contributed by atoms with E-state index in [0.29, 0.717) is 6.04 Å². The van der Waals surface area contributed by atoms with Crippen LogP contribution in [0.4, 0.5) is 0 Å². The monoisotopic (exact) mass is 237 g/mol. The number of aromatic nitrogens is 1. The van der Waals surface area contributed by atoms with Gasteiger partial charge in [-0.1, -0.05) is 6.07 Å². The molecule has 1 aromatic rings. The number of fused-ring (bicyclic) bond motifs is 1. The fourth-order valence-electron chi connectivity index (χ4n) is 2.41. The predicted molar refractivity (Wildman–Crippen MR) is 64.1 cm³/mol. The summed E-state index contributed by atoms with van der Waals surface area (Å²) in [4.78, 5) is 4.23. The highest BCUT2D eigenvalue weighted by Gasteiger charge is 2.43. The highest BCUT2D eigenvalue weighted by Crippen LogP contribution is 2.53. The molecule has 1 aromatic heterocycles. The molecule has 1 unspecified atom stereocenters. The molecule has 16 heavy (non-hydrogen) atoms. The third kappa shape index (κ3) is 1.81. The van der Waals surface area contributed by atoms with E-state index in [-0.39, 0.29) is 0 Å². The van der Waals surface area contributed by atoms with Crippen LogP contribution in [-0.2, 0) is 0 Å². The molecule has 0 N–H and O–H groups in total. The van der Waals surface area contributed by atoms with Crippen LogP contribution in [0.5, 0.6) is 5.88 Å². The third-order valence-corrected chi connectivity index (χ3v) is 5.21. The van der Waals surface area contributed by atoms with Gasteiger partial charge in [-0.25, -0.2) is 14.3 Å². The molecular weight excluding hydrogens is 221 g/mol. The summed E-state index contributed by atoms with van der Waals surface area (Å²) < 4.78 is 10.8. The second kappa shape index (κ2) is 4.28. The molecule has 0 amide bonds. The first-order valence-electron chi connectivity index (χ1n) is 5.71. The van der Waals surface area contributed by atoms with Crippen LogP contribution in [0.25, 0.3) is 0 Å². The lowest BCUT2D eigenvalue weighted by molar-refractivity contribution is 0.424. The first kappa shape index (κ1) is 10.5. The fraction of sp³-hybridized carbons (Fsp3) is 0.545.